The molecule has 4 rings (SSSR count). The van der Waals surface area contributed by atoms with E-state index in [4.69, 9.17) is 4.42 Å². The average Bonchev–Trinajstić information content (AvgIpc) is 3.47. The number of hydrogen-bond acceptors (Lipinski definition) is 6. The molecule has 3 N–H and O–H groups in total. The lowest BCUT2D eigenvalue weighted by molar-refractivity contribution is -0.123. The zero-order valence-electron chi connectivity index (χ0n) is 15.7. The van der Waals surface area contributed by atoms with Crippen LogP contribution >= 0.6 is 0 Å². The minimum Gasteiger partial charge on any atom is -0.465 e. The van der Waals surface area contributed by atoms with E-state index in [0.717, 1.165) is 23.5 Å². The van der Waals surface area contributed by atoms with Crippen LogP contribution in [0.1, 0.15) is 42.0 Å². The van der Waals surface area contributed by atoms with E-state index in [1.54, 1.807) is 11.0 Å². The van der Waals surface area contributed by atoms with Gasteiger partial charge in [0.15, 0.2) is 0 Å². The molecule has 3 atom stereocenters. The van der Waals surface area contributed by atoms with E-state index in [9.17, 15) is 4.79 Å². The topological polar surface area (TPSA) is 97.0 Å². The highest BCUT2D eigenvalue weighted by molar-refractivity contribution is 5.82. The van der Waals surface area contributed by atoms with Crippen molar-refractivity contribution >= 4 is 5.91 Å². The second-order valence-corrected chi connectivity index (χ2v) is 7.00. The third kappa shape index (κ3) is 4.29. The van der Waals surface area contributed by atoms with Gasteiger partial charge in [0.1, 0.15) is 30.2 Å². The van der Waals surface area contributed by atoms with Gasteiger partial charge in [0.2, 0.25) is 5.91 Å². The molecule has 2 aromatic heterocycles. The van der Waals surface area contributed by atoms with Gasteiger partial charge >= 0.3 is 0 Å². The van der Waals surface area contributed by atoms with Crippen molar-refractivity contribution in [1.29, 1.82) is 0 Å². The molecule has 1 saturated heterocycles. The van der Waals surface area contributed by atoms with Gasteiger partial charge in [-0.1, -0.05) is 30.3 Å². The van der Waals surface area contributed by atoms with Crippen LogP contribution < -0.4 is 16.2 Å². The monoisotopic (exact) mass is 380 g/mol. The lowest BCUT2D eigenvalue weighted by atomic mass is 10.0. The van der Waals surface area contributed by atoms with Crippen molar-refractivity contribution in [3.05, 3.63) is 72.2 Å². The Hall–Kier alpha value is -2.97. The van der Waals surface area contributed by atoms with E-state index in [1.165, 1.54) is 6.33 Å². The van der Waals surface area contributed by atoms with Crippen LogP contribution in [0.3, 0.4) is 0 Å². The van der Waals surface area contributed by atoms with Gasteiger partial charge in [-0.15, -0.1) is 0 Å². The van der Waals surface area contributed by atoms with Crippen LogP contribution in [0.2, 0.25) is 0 Å². The molecule has 0 spiro atoms. The number of carbonyl (C=O) groups is 1. The van der Waals surface area contributed by atoms with Crippen molar-refractivity contribution < 1.29 is 9.21 Å². The number of hydrogen-bond donors (Lipinski definition) is 3. The first-order chi connectivity index (χ1) is 13.7. The molecule has 0 bridgehead atoms. The van der Waals surface area contributed by atoms with Gasteiger partial charge in [-0.3, -0.25) is 9.48 Å². The summed E-state index contributed by atoms with van der Waals surface area (Å²) in [5.41, 5.74) is 7.32. The van der Waals surface area contributed by atoms with Gasteiger partial charge in [0, 0.05) is 6.54 Å². The van der Waals surface area contributed by atoms with E-state index >= 15 is 0 Å². The predicted octanol–water partition coefficient (Wildman–Crippen LogP) is 2.03. The first kappa shape index (κ1) is 18.4. The highest BCUT2D eigenvalue weighted by Crippen LogP contribution is 2.25. The number of benzene rings is 1. The maximum atomic E-state index is 12.9. The Morgan fingerprint density at radius 2 is 2.14 bits per heavy atom. The van der Waals surface area contributed by atoms with Crippen LogP contribution in [0.15, 0.2) is 59.5 Å². The van der Waals surface area contributed by atoms with Crippen molar-refractivity contribution in [3.8, 4) is 0 Å². The van der Waals surface area contributed by atoms with E-state index < -0.39 is 0 Å². The highest BCUT2D eigenvalue weighted by Gasteiger charge is 2.32. The Kier molecular flexibility index (Phi) is 5.50. The minimum atomic E-state index is -0.326. The largest absolute Gasteiger partial charge is 0.465 e. The number of furan rings is 1. The molecule has 0 aliphatic carbocycles. The van der Waals surface area contributed by atoms with Gasteiger partial charge in [-0.25, -0.2) is 15.8 Å². The molecule has 8 nitrogen and oxygen atoms in total. The molecular weight excluding hydrogens is 356 g/mol. The third-order valence-electron chi connectivity index (χ3n) is 4.96. The van der Waals surface area contributed by atoms with Crippen molar-refractivity contribution in [2.24, 2.45) is 0 Å². The lowest BCUT2D eigenvalue weighted by Gasteiger charge is -2.21. The van der Waals surface area contributed by atoms with Crippen LogP contribution in [0.25, 0.3) is 0 Å². The summed E-state index contributed by atoms with van der Waals surface area (Å²) in [6.07, 6.45) is 4.55. The summed E-state index contributed by atoms with van der Waals surface area (Å²) >= 11 is 0. The average molecular weight is 380 g/mol. The van der Waals surface area contributed by atoms with Gasteiger partial charge in [0.05, 0.1) is 12.1 Å². The smallest absolute Gasteiger partial charge is 0.239 e. The molecule has 3 unspecified atom stereocenters. The molecule has 8 heteroatoms. The Morgan fingerprint density at radius 1 is 1.29 bits per heavy atom. The standard InChI is InChI=1S/C20H24N6O2/c1-14-7-8-19(28-14)17-11-18(25-24-17)20(27)23-16(15-5-3-2-4-6-15)9-10-26-13-21-12-22-26/h2-8,12-13,16-18,24-25H,9-11H2,1H3,(H,23,27). The maximum Gasteiger partial charge on any atom is 0.239 e. The molecule has 146 valence electrons. The fourth-order valence-corrected chi connectivity index (χ4v) is 3.44. The molecular formula is C20H24N6O2. The van der Waals surface area contributed by atoms with Crippen molar-refractivity contribution in [2.45, 2.75) is 44.4 Å². The molecule has 0 radical (unpaired) electrons. The maximum absolute atomic E-state index is 12.9. The Labute approximate surface area is 163 Å². The Bertz CT molecular complexity index is 893. The summed E-state index contributed by atoms with van der Waals surface area (Å²) in [6, 6.07) is 13.4. The summed E-state index contributed by atoms with van der Waals surface area (Å²) in [7, 11) is 0. The number of nitrogens with zero attached hydrogens (tertiary/aromatic N) is 3. The second kappa shape index (κ2) is 8.37. The number of rotatable bonds is 7. The van der Waals surface area contributed by atoms with Crippen LogP contribution in [0.5, 0.6) is 0 Å². The zero-order valence-corrected chi connectivity index (χ0v) is 15.7. The van der Waals surface area contributed by atoms with Crippen LogP contribution in [-0.4, -0.2) is 26.7 Å². The summed E-state index contributed by atoms with van der Waals surface area (Å²) in [5.74, 6) is 1.67. The quantitative estimate of drug-likeness (QED) is 0.580. The van der Waals surface area contributed by atoms with Gasteiger partial charge in [-0.05, 0) is 37.5 Å². The molecule has 1 fully saturated rings. The van der Waals surface area contributed by atoms with E-state index in [1.807, 2.05) is 49.4 Å². The third-order valence-corrected chi connectivity index (χ3v) is 4.96. The number of carbonyl (C=O) groups excluding carboxylic acids is 1. The number of aromatic nitrogens is 3. The Morgan fingerprint density at radius 3 is 2.86 bits per heavy atom. The summed E-state index contributed by atoms with van der Waals surface area (Å²) in [6.45, 7) is 2.58. The number of hydrazine groups is 1. The van der Waals surface area contributed by atoms with Gasteiger partial charge in [-0.2, -0.15) is 5.10 Å². The minimum absolute atomic E-state index is 0.0187. The van der Waals surface area contributed by atoms with Crippen molar-refractivity contribution in [3.63, 3.8) is 0 Å². The van der Waals surface area contributed by atoms with Crippen molar-refractivity contribution in [2.75, 3.05) is 0 Å². The highest BCUT2D eigenvalue weighted by atomic mass is 16.3. The van der Waals surface area contributed by atoms with Crippen LogP contribution in [0.4, 0.5) is 0 Å². The molecule has 28 heavy (non-hydrogen) atoms. The first-order valence-electron chi connectivity index (χ1n) is 9.44. The molecule has 1 amide bonds. The molecule has 1 aliphatic heterocycles. The number of amides is 1. The number of nitrogens with one attached hydrogen (secondary N) is 3. The lowest BCUT2D eigenvalue weighted by Crippen LogP contribution is -2.44. The predicted molar refractivity (Wildman–Crippen MR) is 103 cm³/mol. The molecule has 0 saturated carbocycles. The van der Waals surface area contributed by atoms with Gasteiger partial charge < -0.3 is 9.73 Å². The Balaban J connectivity index is 1.40. The van der Waals surface area contributed by atoms with Crippen LogP contribution in [-0.2, 0) is 11.3 Å². The zero-order chi connectivity index (χ0) is 19.3. The molecule has 3 aromatic rings. The van der Waals surface area contributed by atoms with Gasteiger partial charge in [0.25, 0.3) is 0 Å². The normalized spacial score (nSPS) is 20.2. The SMILES string of the molecule is Cc1ccc(C2CC(C(=O)NC(CCn3cncn3)c3ccccc3)NN2)o1. The molecule has 1 aliphatic rings. The summed E-state index contributed by atoms with van der Waals surface area (Å²) in [4.78, 5) is 16.9. The number of aryl methyl sites for hydroxylation is 2. The van der Waals surface area contributed by atoms with Crippen LogP contribution in [0, 0.1) is 6.92 Å². The first-order valence-corrected chi connectivity index (χ1v) is 9.44. The molecule has 3 heterocycles. The molecule has 1 aromatic carbocycles. The second-order valence-electron chi connectivity index (χ2n) is 7.00. The van der Waals surface area contributed by atoms with E-state index in [2.05, 4.69) is 26.3 Å². The van der Waals surface area contributed by atoms with E-state index in [-0.39, 0.29) is 24.0 Å². The van der Waals surface area contributed by atoms with Crippen molar-refractivity contribution in [1.82, 2.24) is 30.9 Å². The summed E-state index contributed by atoms with van der Waals surface area (Å²) in [5, 5.41) is 7.33. The fraction of sp³-hybridized carbons (Fsp3) is 0.350. The summed E-state index contributed by atoms with van der Waals surface area (Å²) < 4.78 is 7.45. The fourth-order valence-electron chi connectivity index (χ4n) is 3.44. The van der Waals surface area contributed by atoms with E-state index in [0.29, 0.717) is 13.0 Å².